The quantitative estimate of drug-likeness (QED) is 0.467. The van der Waals surface area contributed by atoms with Crippen LogP contribution in [0.25, 0.3) is 6.08 Å². The minimum Gasteiger partial charge on any atom is -0.462 e. The van der Waals surface area contributed by atoms with E-state index in [1.54, 1.807) is 17.9 Å². The zero-order valence-electron chi connectivity index (χ0n) is 19.9. The fraction of sp³-hybridized carbons (Fsp3) is 0.625. The van der Waals surface area contributed by atoms with Crippen LogP contribution in [0.3, 0.4) is 0 Å². The molecular weight excluding hydrogens is 394 g/mol. The van der Waals surface area contributed by atoms with Gasteiger partial charge < -0.3 is 19.1 Å². The summed E-state index contributed by atoms with van der Waals surface area (Å²) in [6, 6.07) is 0. The number of carbonyl (C=O) groups is 3. The maximum atomic E-state index is 12.8. The van der Waals surface area contributed by atoms with Crippen molar-refractivity contribution < 1.29 is 19.1 Å². The lowest BCUT2D eigenvalue weighted by atomic mass is 9.95. The molecule has 1 aliphatic heterocycles. The second-order valence-corrected chi connectivity index (χ2v) is 7.87. The first-order chi connectivity index (χ1) is 14.8. The van der Waals surface area contributed by atoms with Crippen LogP contribution >= 0.6 is 0 Å². The molecule has 0 bridgehead atoms. The van der Waals surface area contributed by atoms with Gasteiger partial charge in [-0.2, -0.15) is 0 Å². The van der Waals surface area contributed by atoms with E-state index in [9.17, 15) is 14.4 Å². The Morgan fingerprint density at radius 3 is 2.16 bits per heavy atom. The molecular formula is C24H37N3O4. The summed E-state index contributed by atoms with van der Waals surface area (Å²) >= 11 is 0. The summed E-state index contributed by atoms with van der Waals surface area (Å²) in [5, 5.41) is 0. The molecule has 0 atom stereocenters. The van der Waals surface area contributed by atoms with Crippen molar-refractivity contribution in [3.05, 3.63) is 28.6 Å². The van der Waals surface area contributed by atoms with Gasteiger partial charge in [0.2, 0.25) is 11.8 Å². The normalized spacial score (nSPS) is 14.8. The SMILES string of the molecule is CCOC(=O)c1c(/C=C/C(=O)N2CCC(C(=O)N(CC)CC)CC2)c(C)n(CC)c1C. The fourth-order valence-electron chi connectivity index (χ4n) is 4.45. The monoisotopic (exact) mass is 431 g/mol. The van der Waals surface area contributed by atoms with Crippen LogP contribution in [0, 0.1) is 19.8 Å². The number of ether oxygens (including phenoxy) is 1. The Morgan fingerprint density at radius 1 is 1.03 bits per heavy atom. The summed E-state index contributed by atoms with van der Waals surface area (Å²) in [4.78, 5) is 41.5. The van der Waals surface area contributed by atoms with Gasteiger partial charge in [-0.3, -0.25) is 9.59 Å². The Bertz CT molecular complexity index is 828. The minimum atomic E-state index is -0.363. The molecule has 172 valence electrons. The molecule has 1 aromatic rings. The Balaban J connectivity index is 2.12. The molecule has 1 saturated heterocycles. The van der Waals surface area contributed by atoms with Crippen LogP contribution in [0.5, 0.6) is 0 Å². The molecule has 0 unspecified atom stereocenters. The lowest BCUT2D eigenvalue weighted by Gasteiger charge is -2.33. The molecule has 1 fully saturated rings. The van der Waals surface area contributed by atoms with Crippen LogP contribution in [0.4, 0.5) is 0 Å². The average molecular weight is 432 g/mol. The van der Waals surface area contributed by atoms with E-state index in [1.165, 1.54) is 6.08 Å². The molecule has 2 rings (SSSR count). The van der Waals surface area contributed by atoms with Gasteiger partial charge in [-0.05, 0) is 60.5 Å². The van der Waals surface area contributed by atoms with Gasteiger partial charge in [-0.15, -0.1) is 0 Å². The average Bonchev–Trinajstić information content (AvgIpc) is 3.01. The van der Waals surface area contributed by atoms with E-state index in [2.05, 4.69) is 4.57 Å². The summed E-state index contributed by atoms with van der Waals surface area (Å²) in [6.45, 7) is 15.3. The Hall–Kier alpha value is -2.57. The van der Waals surface area contributed by atoms with Crippen molar-refractivity contribution in [1.82, 2.24) is 14.4 Å². The molecule has 2 heterocycles. The van der Waals surface area contributed by atoms with Gasteiger partial charge in [0.05, 0.1) is 12.2 Å². The fourth-order valence-corrected chi connectivity index (χ4v) is 4.45. The van der Waals surface area contributed by atoms with E-state index in [0.717, 1.165) is 36.6 Å². The Morgan fingerprint density at radius 2 is 1.65 bits per heavy atom. The summed E-state index contributed by atoms with van der Waals surface area (Å²) in [5.74, 6) is -0.270. The maximum Gasteiger partial charge on any atom is 0.340 e. The smallest absolute Gasteiger partial charge is 0.340 e. The van der Waals surface area contributed by atoms with Gasteiger partial charge in [0.1, 0.15) is 0 Å². The van der Waals surface area contributed by atoms with E-state index < -0.39 is 0 Å². The van der Waals surface area contributed by atoms with Crippen molar-refractivity contribution in [1.29, 1.82) is 0 Å². The van der Waals surface area contributed by atoms with Crippen molar-refractivity contribution in [3.63, 3.8) is 0 Å². The highest BCUT2D eigenvalue weighted by Crippen LogP contribution is 2.25. The van der Waals surface area contributed by atoms with E-state index in [0.29, 0.717) is 38.1 Å². The molecule has 7 nitrogen and oxygen atoms in total. The standard InChI is InChI=1S/C24H37N3O4/c1-7-25(8-2)23(29)19-13-15-26(16-14-19)21(28)12-11-20-17(5)27(9-3)18(6)22(20)24(30)31-10-4/h11-12,19H,7-10,13-16H2,1-6H3/b12-11+. The van der Waals surface area contributed by atoms with Gasteiger partial charge in [0, 0.05) is 61.7 Å². The first kappa shape index (κ1) is 24.7. The zero-order valence-corrected chi connectivity index (χ0v) is 19.9. The third-order valence-corrected chi connectivity index (χ3v) is 6.25. The van der Waals surface area contributed by atoms with Crippen molar-refractivity contribution >= 4 is 23.9 Å². The van der Waals surface area contributed by atoms with Crippen LogP contribution in [0.2, 0.25) is 0 Å². The maximum absolute atomic E-state index is 12.8. The van der Waals surface area contributed by atoms with E-state index >= 15 is 0 Å². The molecule has 0 saturated carbocycles. The first-order valence-corrected chi connectivity index (χ1v) is 11.4. The van der Waals surface area contributed by atoms with Crippen LogP contribution in [-0.4, -0.2) is 64.9 Å². The highest BCUT2D eigenvalue weighted by atomic mass is 16.5. The Kier molecular flexibility index (Phi) is 8.89. The second kappa shape index (κ2) is 11.2. The van der Waals surface area contributed by atoms with Crippen LogP contribution in [0.15, 0.2) is 6.08 Å². The zero-order chi connectivity index (χ0) is 23.1. The van der Waals surface area contributed by atoms with Gasteiger partial charge in [-0.1, -0.05) is 0 Å². The van der Waals surface area contributed by atoms with Gasteiger partial charge in [0.15, 0.2) is 0 Å². The van der Waals surface area contributed by atoms with Crippen molar-refractivity contribution in [3.8, 4) is 0 Å². The molecule has 1 aliphatic rings. The number of amides is 2. The number of aromatic nitrogens is 1. The summed E-state index contributed by atoms with van der Waals surface area (Å²) in [7, 11) is 0. The number of hydrogen-bond acceptors (Lipinski definition) is 4. The number of hydrogen-bond donors (Lipinski definition) is 0. The number of esters is 1. The molecule has 31 heavy (non-hydrogen) atoms. The van der Waals surface area contributed by atoms with Crippen molar-refractivity contribution in [2.24, 2.45) is 5.92 Å². The minimum absolute atomic E-state index is 0.00757. The highest BCUT2D eigenvalue weighted by molar-refractivity contribution is 5.99. The number of nitrogens with zero attached hydrogens (tertiary/aromatic N) is 3. The van der Waals surface area contributed by atoms with E-state index in [1.807, 2.05) is 39.5 Å². The predicted molar refractivity (Wildman–Crippen MR) is 122 cm³/mol. The molecule has 0 aromatic carbocycles. The molecule has 0 radical (unpaired) electrons. The highest BCUT2D eigenvalue weighted by Gasteiger charge is 2.29. The van der Waals surface area contributed by atoms with Crippen LogP contribution in [-0.2, 0) is 20.9 Å². The van der Waals surface area contributed by atoms with Gasteiger partial charge in [0.25, 0.3) is 0 Å². The third-order valence-electron chi connectivity index (χ3n) is 6.25. The molecule has 2 amide bonds. The van der Waals surface area contributed by atoms with E-state index in [-0.39, 0.29) is 23.7 Å². The molecule has 0 spiro atoms. The number of likely N-dealkylation sites (tertiary alicyclic amines) is 1. The molecule has 7 heteroatoms. The topological polar surface area (TPSA) is 71.8 Å². The first-order valence-electron chi connectivity index (χ1n) is 11.4. The second-order valence-electron chi connectivity index (χ2n) is 7.87. The molecule has 0 N–H and O–H groups in total. The van der Waals surface area contributed by atoms with Crippen LogP contribution in [0.1, 0.15) is 67.8 Å². The largest absolute Gasteiger partial charge is 0.462 e. The predicted octanol–water partition coefficient (Wildman–Crippen LogP) is 3.42. The van der Waals surface area contributed by atoms with Gasteiger partial charge in [-0.25, -0.2) is 4.79 Å². The summed E-state index contributed by atoms with van der Waals surface area (Å²) in [6.07, 6.45) is 4.65. The van der Waals surface area contributed by atoms with E-state index in [4.69, 9.17) is 4.74 Å². The Labute approximate surface area is 186 Å². The number of piperidine rings is 1. The lowest BCUT2D eigenvalue weighted by Crippen LogP contribution is -2.44. The van der Waals surface area contributed by atoms with Crippen molar-refractivity contribution in [2.45, 2.75) is 60.9 Å². The number of carbonyl (C=O) groups excluding carboxylic acids is 3. The third kappa shape index (κ3) is 5.38. The lowest BCUT2D eigenvalue weighted by molar-refractivity contribution is -0.139. The van der Waals surface area contributed by atoms with Gasteiger partial charge >= 0.3 is 5.97 Å². The van der Waals surface area contributed by atoms with Crippen LogP contribution < -0.4 is 0 Å². The molecule has 1 aromatic heterocycles. The summed E-state index contributed by atoms with van der Waals surface area (Å²) in [5.41, 5.74) is 3.04. The van der Waals surface area contributed by atoms with Crippen molar-refractivity contribution in [2.75, 3.05) is 32.8 Å². The number of rotatable bonds is 8. The molecule has 0 aliphatic carbocycles. The summed E-state index contributed by atoms with van der Waals surface area (Å²) < 4.78 is 7.30.